The van der Waals surface area contributed by atoms with Gasteiger partial charge < -0.3 is 14.8 Å². The number of thioether (sulfide) groups is 1. The Morgan fingerprint density at radius 2 is 1.45 bits per heavy atom. The first-order valence-electron chi connectivity index (χ1n) is 15.9. The van der Waals surface area contributed by atoms with Crippen molar-refractivity contribution in [2.24, 2.45) is 11.8 Å². The molecule has 0 spiro atoms. The van der Waals surface area contributed by atoms with E-state index in [4.69, 9.17) is 9.47 Å². The molecule has 38 heavy (non-hydrogen) atoms. The Morgan fingerprint density at radius 1 is 0.816 bits per heavy atom. The zero-order valence-electron chi connectivity index (χ0n) is 25.1. The molecule has 0 aliphatic carbocycles. The number of ether oxygens (including phenoxy) is 2. The normalized spacial score (nSPS) is 15.8. The molecule has 224 valence electrons. The number of esters is 1. The van der Waals surface area contributed by atoms with Gasteiger partial charge >= 0.3 is 5.97 Å². The van der Waals surface area contributed by atoms with Crippen LogP contribution in [0.2, 0.25) is 0 Å². The molecule has 1 amide bonds. The summed E-state index contributed by atoms with van der Waals surface area (Å²) in [4.78, 5) is 28.5. The molecule has 1 rings (SSSR count). The summed E-state index contributed by atoms with van der Waals surface area (Å²) in [6.45, 7) is 12.1. The number of nitrogens with one attached hydrogen (secondary N) is 1. The van der Waals surface area contributed by atoms with E-state index in [1.165, 1.54) is 64.2 Å². The molecule has 0 saturated carbocycles. The van der Waals surface area contributed by atoms with Crippen LogP contribution >= 0.6 is 11.8 Å². The largest absolute Gasteiger partial charge is 0.465 e. The molecule has 0 bridgehead atoms. The number of nitrogens with zero attached hydrogens (tertiary/aromatic N) is 1. The molecule has 0 aromatic heterocycles. The van der Waals surface area contributed by atoms with Gasteiger partial charge in [0.25, 0.3) is 0 Å². The Hall–Kier alpha value is -0.790. The Kier molecular flexibility index (Phi) is 23.4. The minimum absolute atomic E-state index is 0.163. The summed E-state index contributed by atoms with van der Waals surface area (Å²) in [7, 11) is 0. The second kappa shape index (κ2) is 25.2. The number of amides is 1. The lowest BCUT2D eigenvalue weighted by molar-refractivity contribution is -0.154. The summed E-state index contributed by atoms with van der Waals surface area (Å²) in [6.07, 6.45) is 17.4. The van der Waals surface area contributed by atoms with Crippen LogP contribution in [0.5, 0.6) is 0 Å². The Labute approximate surface area is 239 Å². The van der Waals surface area contributed by atoms with Gasteiger partial charge in [-0.25, -0.2) is 0 Å². The van der Waals surface area contributed by atoms with Gasteiger partial charge in [0.15, 0.2) is 0 Å². The zero-order chi connectivity index (χ0) is 27.7. The molecule has 7 heteroatoms. The van der Waals surface area contributed by atoms with Crippen LogP contribution in [0.4, 0.5) is 0 Å². The number of rotatable bonds is 25. The Balaban J connectivity index is 2.53. The maximum atomic E-state index is 13.1. The topological polar surface area (TPSA) is 67.9 Å². The highest BCUT2D eigenvalue weighted by molar-refractivity contribution is 7.99. The summed E-state index contributed by atoms with van der Waals surface area (Å²) < 4.78 is 11.3. The standard InChI is InChI=1S/C31H60N2O4S/c1-4-7-9-11-12-14-17-28(16-13-10-8-5-2)27-37-31(35)29(18-26-38-25-6-3)30(34)32-19-15-20-33-21-23-36-24-22-33/h28-29H,4-27H2,1-3H3,(H,32,34). The number of hydrogen-bond donors (Lipinski definition) is 1. The van der Waals surface area contributed by atoms with Gasteiger partial charge in [0.05, 0.1) is 19.8 Å². The van der Waals surface area contributed by atoms with E-state index in [1.54, 1.807) is 0 Å². The molecule has 1 aliphatic rings. The van der Waals surface area contributed by atoms with E-state index in [0.29, 0.717) is 25.5 Å². The van der Waals surface area contributed by atoms with Crippen molar-refractivity contribution in [2.45, 2.75) is 117 Å². The maximum Gasteiger partial charge on any atom is 0.318 e. The monoisotopic (exact) mass is 556 g/mol. The first kappa shape index (κ1) is 35.2. The summed E-state index contributed by atoms with van der Waals surface area (Å²) in [5, 5.41) is 3.03. The Bertz CT molecular complexity index is 572. The molecule has 1 N–H and O–H groups in total. The third kappa shape index (κ3) is 18.5. The minimum Gasteiger partial charge on any atom is -0.465 e. The Morgan fingerprint density at radius 3 is 2.11 bits per heavy atom. The number of unbranched alkanes of at least 4 members (excludes halogenated alkanes) is 8. The van der Waals surface area contributed by atoms with Crippen molar-refractivity contribution in [3.05, 3.63) is 0 Å². The van der Waals surface area contributed by atoms with Gasteiger partial charge in [0, 0.05) is 19.6 Å². The van der Waals surface area contributed by atoms with E-state index in [0.717, 1.165) is 70.0 Å². The van der Waals surface area contributed by atoms with Crippen LogP contribution in [0.15, 0.2) is 0 Å². The lowest BCUT2D eigenvalue weighted by Crippen LogP contribution is -2.40. The van der Waals surface area contributed by atoms with E-state index in [2.05, 4.69) is 31.0 Å². The molecule has 0 aromatic carbocycles. The van der Waals surface area contributed by atoms with Gasteiger partial charge in [-0.1, -0.05) is 85.0 Å². The lowest BCUT2D eigenvalue weighted by atomic mass is 9.95. The predicted octanol–water partition coefficient (Wildman–Crippen LogP) is 6.85. The second-order valence-corrected chi connectivity index (χ2v) is 12.2. The SMILES string of the molecule is CCCCCCCCC(CCCCCC)COC(=O)C(CCSCCC)C(=O)NCCCN1CCOCC1. The van der Waals surface area contributed by atoms with Crippen molar-refractivity contribution in [2.75, 3.05) is 57.5 Å². The van der Waals surface area contributed by atoms with Gasteiger partial charge in [-0.15, -0.1) is 0 Å². The first-order valence-corrected chi connectivity index (χ1v) is 17.1. The third-order valence-corrected chi connectivity index (χ3v) is 8.67. The predicted molar refractivity (Wildman–Crippen MR) is 162 cm³/mol. The average molecular weight is 557 g/mol. The highest BCUT2D eigenvalue weighted by Crippen LogP contribution is 2.21. The molecule has 6 nitrogen and oxygen atoms in total. The van der Waals surface area contributed by atoms with Crippen molar-refractivity contribution in [3.63, 3.8) is 0 Å². The van der Waals surface area contributed by atoms with Crippen LogP contribution in [-0.4, -0.2) is 74.3 Å². The fourth-order valence-electron chi connectivity index (χ4n) is 4.95. The molecule has 2 atom stereocenters. The minimum atomic E-state index is -0.697. The molecule has 0 radical (unpaired) electrons. The quantitative estimate of drug-likeness (QED) is 0.0753. The van der Waals surface area contributed by atoms with Gasteiger partial charge in [-0.3, -0.25) is 14.5 Å². The van der Waals surface area contributed by atoms with E-state index >= 15 is 0 Å². The number of carbonyl (C=O) groups excluding carboxylic acids is 2. The van der Waals surface area contributed by atoms with Crippen LogP contribution in [0.3, 0.4) is 0 Å². The molecule has 0 aromatic rings. The number of morpholine rings is 1. The van der Waals surface area contributed by atoms with Crippen LogP contribution in [0.25, 0.3) is 0 Å². The van der Waals surface area contributed by atoms with Gasteiger partial charge in [0.1, 0.15) is 5.92 Å². The molecular formula is C31H60N2O4S. The van der Waals surface area contributed by atoms with Crippen molar-refractivity contribution in [3.8, 4) is 0 Å². The van der Waals surface area contributed by atoms with Crippen LogP contribution in [0, 0.1) is 11.8 Å². The number of carbonyl (C=O) groups is 2. The summed E-state index contributed by atoms with van der Waals surface area (Å²) in [6, 6.07) is 0. The van der Waals surface area contributed by atoms with E-state index < -0.39 is 5.92 Å². The third-order valence-electron chi connectivity index (χ3n) is 7.45. The van der Waals surface area contributed by atoms with Crippen molar-refractivity contribution < 1.29 is 19.1 Å². The highest BCUT2D eigenvalue weighted by Gasteiger charge is 2.28. The smallest absolute Gasteiger partial charge is 0.318 e. The highest BCUT2D eigenvalue weighted by atomic mass is 32.2. The van der Waals surface area contributed by atoms with E-state index in [-0.39, 0.29) is 11.9 Å². The van der Waals surface area contributed by atoms with E-state index in [1.807, 2.05) is 11.8 Å². The number of hydrogen-bond acceptors (Lipinski definition) is 6. The van der Waals surface area contributed by atoms with Crippen molar-refractivity contribution in [1.82, 2.24) is 10.2 Å². The molecule has 1 heterocycles. The fourth-order valence-corrected chi connectivity index (χ4v) is 5.85. The second-order valence-electron chi connectivity index (χ2n) is 11.0. The van der Waals surface area contributed by atoms with Crippen LogP contribution in [-0.2, 0) is 19.1 Å². The van der Waals surface area contributed by atoms with Gasteiger partial charge in [0.2, 0.25) is 5.91 Å². The zero-order valence-corrected chi connectivity index (χ0v) is 25.9. The van der Waals surface area contributed by atoms with Crippen LogP contribution < -0.4 is 5.32 Å². The van der Waals surface area contributed by atoms with Crippen molar-refractivity contribution in [1.29, 1.82) is 0 Å². The van der Waals surface area contributed by atoms with Gasteiger partial charge in [-0.05, 0) is 56.1 Å². The van der Waals surface area contributed by atoms with E-state index in [9.17, 15) is 9.59 Å². The first-order chi connectivity index (χ1) is 18.6. The molecular weight excluding hydrogens is 496 g/mol. The lowest BCUT2D eigenvalue weighted by Gasteiger charge is -2.26. The fraction of sp³-hybridized carbons (Fsp3) is 0.935. The molecule has 1 saturated heterocycles. The van der Waals surface area contributed by atoms with Crippen molar-refractivity contribution >= 4 is 23.6 Å². The summed E-state index contributed by atoms with van der Waals surface area (Å²) in [5.74, 6) is 1.10. The summed E-state index contributed by atoms with van der Waals surface area (Å²) in [5.41, 5.74) is 0. The van der Waals surface area contributed by atoms with Crippen LogP contribution in [0.1, 0.15) is 117 Å². The summed E-state index contributed by atoms with van der Waals surface area (Å²) >= 11 is 1.82. The maximum absolute atomic E-state index is 13.1. The molecule has 1 aliphatic heterocycles. The molecule has 2 unspecified atom stereocenters. The average Bonchev–Trinajstić information content (AvgIpc) is 2.93. The van der Waals surface area contributed by atoms with Gasteiger partial charge in [-0.2, -0.15) is 11.8 Å². The molecule has 1 fully saturated rings.